The fraction of sp³-hybridized carbons (Fsp3) is 0.192. The third kappa shape index (κ3) is 4.12. The van der Waals surface area contributed by atoms with E-state index in [0.717, 1.165) is 29.1 Å². The summed E-state index contributed by atoms with van der Waals surface area (Å²) >= 11 is 1.43. The molecular weight excluding hydrogens is 432 g/mol. The molecule has 0 bridgehead atoms. The molecule has 0 aliphatic carbocycles. The second-order valence-electron chi connectivity index (χ2n) is 7.84. The molecule has 0 saturated heterocycles. The lowest BCUT2D eigenvalue weighted by Gasteiger charge is -2.21. The van der Waals surface area contributed by atoms with Gasteiger partial charge in [-0.2, -0.15) is 0 Å². The molecule has 6 nitrogen and oxygen atoms in total. The number of methoxy groups -OCH3 is 1. The maximum atomic E-state index is 13.4. The Morgan fingerprint density at radius 3 is 2.61 bits per heavy atom. The van der Waals surface area contributed by atoms with Crippen LogP contribution in [0.5, 0.6) is 5.75 Å². The SMILES string of the molecule is COc1cccc(-c2nnc(SC(C)C(=O)N3CCc4ccccc43)n2-c2ccccc2)c1. The highest BCUT2D eigenvalue weighted by Gasteiger charge is 2.30. The first-order chi connectivity index (χ1) is 16.2. The van der Waals surface area contributed by atoms with Crippen molar-refractivity contribution in [2.24, 2.45) is 0 Å². The lowest BCUT2D eigenvalue weighted by molar-refractivity contribution is -0.117. The monoisotopic (exact) mass is 456 g/mol. The molecule has 1 amide bonds. The van der Waals surface area contributed by atoms with Crippen molar-refractivity contribution >= 4 is 23.4 Å². The maximum absolute atomic E-state index is 13.4. The number of thioether (sulfide) groups is 1. The molecule has 7 heteroatoms. The van der Waals surface area contributed by atoms with Gasteiger partial charge in [-0.1, -0.05) is 60.3 Å². The summed E-state index contributed by atoms with van der Waals surface area (Å²) in [5.74, 6) is 1.53. The average Bonchev–Trinajstić information content (AvgIpc) is 3.48. The lowest BCUT2D eigenvalue weighted by atomic mass is 10.2. The Kier molecular flexibility index (Phi) is 5.88. The fourth-order valence-corrected chi connectivity index (χ4v) is 5.03. The number of carbonyl (C=O) groups excluding carboxylic acids is 1. The Hall–Kier alpha value is -3.58. The van der Waals surface area contributed by atoms with Crippen LogP contribution in [-0.2, 0) is 11.2 Å². The zero-order valence-corrected chi connectivity index (χ0v) is 19.3. The highest BCUT2D eigenvalue weighted by Crippen LogP contribution is 2.34. The van der Waals surface area contributed by atoms with E-state index >= 15 is 0 Å². The highest BCUT2D eigenvalue weighted by atomic mass is 32.2. The molecule has 5 rings (SSSR count). The Bertz CT molecular complexity index is 1290. The van der Waals surface area contributed by atoms with Crippen molar-refractivity contribution in [1.29, 1.82) is 0 Å². The van der Waals surface area contributed by atoms with Crippen LogP contribution in [0.2, 0.25) is 0 Å². The van der Waals surface area contributed by atoms with Crippen molar-refractivity contribution in [2.45, 2.75) is 23.8 Å². The summed E-state index contributed by atoms with van der Waals surface area (Å²) in [6.07, 6.45) is 0.888. The van der Waals surface area contributed by atoms with Crippen LogP contribution in [0.4, 0.5) is 5.69 Å². The Balaban J connectivity index is 1.48. The Labute approximate surface area is 197 Å². The van der Waals surface area contributed by atoms with Crippen molar-refractivity contribution in [3.8, 4) is 22.8 Å². The number of hydrogen-bond acceptors (Lipinski definition) is 5. The minimum atomic E-state index is -0.319. The van der Waals surface area contributed by atoms with Gasteiger partial charge in [0.2, 0.25) is 5.91 Å². The number of benzene rings is 3. The predicted molar refractivity (Wildman–Crippen MR) is 131 cm³/mol. The van der Waals surface area contributed by atoms with Crippen molar-refractivity contribution in [3.05, 3.63) is 84.4 Å². The first-order valence-corrected chi connectivity index (χ1v) is 11.7. The van der Waals surface area contributed by atoms with Gasteiger partial charge in [-0.05, 0) is 49.2 Å². The van der Waals surface area contributed by atoms with Crippen LogP contribution in [0.15, 0.2) is 84.0 Å². The van der Waals surface area contributed by atoms with Crippen LogP contribution >= 0.6 is 11.8 Å². The quantitative estimate of drug-likeness (QED) is 0.382. The molecule has 33 heavy (non-hydrogen) atoms. The van der Waals surface area contributed by atoms with Gasteiger partial charge in [0.05, 0.1) is 12.4 Å². The first-order valence-electron chi connectivity index (χ1n) is 10.9. The number of amides is 1. The largest absolute Gasteiger partial charge is 0.497 e. The molecule has 0 saturated carbocycles. The van der Waals surface area contributed by atoms with E-state index in [2.05, 4.69) is 16.3 Å². The Morgan fingerprint density at radius 1 is 1.00 bits per heavy atom. The van der Waals surface area contributed by atoms with E-state index in [1.54, 1.807) is 7.11 Å². The minimum Gasteiger partial charge on any atom is -0.497 e. The fourth-order valence-electron chi connectivity index (χ4n) is 4.10. The molecule has 1 aliphatic rings. The van der Waals surface area contributed by atoms with Crippen molar-refractivity contribution in [3.63, 3.8) is 0 Å². The molecule has 4 aromatic rings. The van der Waals surface area contributed by atoms with E-state index in [9.17, 15) is 4.79 Å². The minimum absolute atomic E-state index is 0.0792. The van der Waals surface area contributed by atoms with Gasteiger partial charge >= 0.3 is 0 Å². The topological polar surface area (TPSA) is 60.3 Å². The number of rotatable bonds is 6. The molecule has 166 valence electrons. The van der Waals surface area contributed by atoms with Crippen LogP contribution in [0.25, 0.3) is 17.1 Å². The van der Waals surface area contributed by atoms with E-state index in [0.29, 0.717) is 17.5 Å². The maximum Gasteiger partial charge on any atom is 0.240 e. The smallest absolute Gasteiger partial charge is 0.240 e. The number of para-hydroxylation sites is 2. The van der Waals surface area contributed by atoms with E-state index < -0.39 is 0 Å². The van der Waals surface area contributed by atoms with E-state index in [1.165, 1.54) is 17.3 Å². The molecular formula is C26H24N4O2S. The summed E-state index contributed by atoms with van der Waals surface area (Å²) in [5.41, 5.74) is 4.06. The lowest BCUT2D eigenvalue weighted by Crippen LogP contribution is -2.35. The third-order valence-electron chi connectivity index (χ3n) is 5.76. The van der Waals surface area contributed by atoms with Crippen LogP contribution in [0.1, 0.15) is 12.5 Å². The average molecular weight is 457 g/mol. The van der Waals surface area contributed by atoms with E-state index in [4.69, 9.17) is 4.74 Å². The van der Waals surface area contributed by atoms with Gasteiger partial charge in [0.1, 0.15) is 5.75 Å². The van der Waals surface area contributed by atoms with Gasteiger partial charge in [-0.25, -0.2) is 0 Å². The third-order valence-corrected chi connectivity index (χ3v) is 6.79. The molecule has 3 aromatic carbocycles. The second kappa shape index (κ2) is 9.11. The molecule has 1 atom stereocenters. The highest BCUT2D eigenvalue weighted by molar-refractivity contribution is 8.00. The zero-order valence-electron chi connectivity index (χ0n) is 18.5. The number of nitrogens with zero attached hydrogens (tertiary/aromatic N) is 4. The normalized spacial score (nSPS) is 13.6. The molecule has 0 radical (unpaired) electrons. The predicted octanol–water partition coefficient (Wildman–Crippen LogP) is 5.01. The molecule has 0 N–H and O–H groups in total. The number of anilines is 1. The van der Waals surface area contributed by atoms with Crippen LogP contribution in [0.3, 0.4) is 0 Å². The summed E-state index contributed by atoms with van der Waals surface area (Å²) in [4.78, 5) is 15.2. The molecule has 1 aliphatic heterocycles. The number of hydrogen-bond donors (Lipinski definition) is 0. The zero-order chi connectivity index (χ0) is 22.8. The Morgan fingerprint density at radius 2 is 1.79 bits per heavy atom. The van der Waals surface area contributed by atoms with Gasteiger partial charge in [0.15, 0.2) is 11.0 Å². The van der Waals surface area contributed by atoms with Gasteiger partial charge in [0.25, 0.3) is 0 Å². The summed E-state index contributed by atoms with van der Waals surface area (Å²) in [6.45, 7) is 2.65. The number of fused-ring (bicyclic) bond motifs is 1. The van der Waals surface area contributed by atoms with Crippen LogP contribution in [0, 0.1) is 0 Å². The summed E-state index contributed by atoms with van der Waals surface area (Å²) in [7, 11) is 1.64. The number of ether oxygens (including phenoxy) is 1. The molecule has 1 aromatic heterocycles. The van der Waals surface area contributed by atoms with Crippen molar-refractivity contribution < 1.29 is 9.53 Å². The molecule has 1 unspecified atom stereocenters. The van der Waals surface area contributed by atoms with Crippen molar-refractivity contribution in [1.82, 2.24) is 14.8 Å². The summed E-state index contributed by atoms with van der Waals surface area (Å²) in [5, 5.41) is 9.33. The van der Waals surface area contributed by atoms with E-state index in [1.807, 2.05) is 89.2 Å². The molecule has 2 heterocycles. The van der Waals surface area contributed by atoms with Crippen LogP contribution in [-0.4, -0.2) is 39.6 Å². The first kappa shape index (κ1) is 21.3. The van der Waals surface area contributed by atoms with Crippen molar-refractivity contribution in [2.75, 3.05) is 18.6 Å². The van der Waals surface area contributed by atoms with Gasteiger partial charge in [0, 0.05) is 23.5 Å². The molecule has 0 fully saturated rings. The standard InChI is InChI=1S/C26H24N4O2S/c1-18(25(31)29-16-15-19-9-6-7-14-23(19)29)33-26-28-27-24(20-10-8-13-22(17-20)32-2)30(26)21-11-4-3-5-12-21/h3-14,17-18H,15-16H2,1-2H3. The number of aromatic nitrogens is 3. The van der Waals surface area contributed by atoms with Crippen LogP contribution < -0.4 is 9.64 Å². The summed E-state index contributed by atoms with van der Waals surface area (Å²) < 4.78 is 7.40. The summed E-state index contributed by atoms with van der Waals surface area (Å²) in [6, 6.07) is 25.8. The van der Waals surface area contributed by atoms with Gasteiger partial charge in [-0.15, -0.1) is 10.2 Å². The van der Waals surface area contributed by atoms with Gasteiger partial charge < -0.3 is 9.64 Å². The van der Waals surface area contributed by atoms with Gasteiger partial charge in [-0.3, -0.25) is 9.36 Å². The second-order valence-corrected chi connectivity index (χ2v) is 9.15. The molecule has 0 spiro atoms. The number of carbonyl (C=O) groups is 1. The van der Waals surface area contributed by atoms with E-state index in [-0.39, 0.29) is 11.2 Å².